The van der Waals surface area contributed by atoms with E-state index in [-0.39, 0.29) is 28.3 Å². The average molecular weight is 447 g/mol. The molecule has 0 spiro atoms. The number of fused-ring (bicyclic) bond motifs is 5. The number of ketones is 1. The highest BCUT2D eigenvalue weighted by Crippen LogP contribution is 2.65. The fourth-order valence-corrected chi connectivity index (χ4v) is 8.95. The number of benzene rings is 1. The molecule has 0 saturated heterocycles. The Labute approximate surface area is 191 Å². The first-order chi connectivity index (χ1) is 14.7. The van der Waals surface area contributed by atoms with E-state index in [1.165, 1.54) is 50.7 Å². The number of hydrogen-bond donors (Lipinski definition) is 1. The van der Waals surface area contributed by atoms with E-state index in [1.54, 1.807) is 0 Å². The van der Waals surface area contributed by atoms with Gasteiger partial charge in [0, 0.05) is 23.2 Å². The van der Waals surface area contributed by atoms with Crippen LogP contribution < -0.4 is 0 Å². The van der Waals surface area contributed by atoms with Crippen molar-refractivity contribution in [1.29, 1.82) is 0 Å². The molecule has 4 saturated carbocycles. The van der Waals surface area contributed by atoms with Crippen molar-refractivity contribution in [3.8, 4) is 0 Å². The fraction of sp³-hybridized carbons (Fsp3) is 0.741. The van der Waals surface area contributed by atoms with Gasteiger partial charge in [-0.2, -0.15) is 12.6 Å². The normalized spacial score (nSPS) is 44.3. The van der Waals surface area contributed by atoms with Gasteiger partial charge in [0.1, 0.15) is 17.4 Å². The van der Waals surface area contributed by atoms with Gasteiger partial charge < -0.3 is 0 Å². The summed E-state index contributed by atoms with van der Waals surface area (Å²) in [6.45, 7) is 4.66. The van der Waals surface area contributed by atoms with E-state index in [9.17, 15) is 13.6 Å². The van der Waals surface area contributed by atoms with Crippen LogP contribution in [0.5, 0.6) is 0 Å². The van der Waals surface area contributed by atoms with Crippen LogP contribution in [0.15, 0.2) is 18.2 Å². The molecule has 8 atom stereocenters. The third-order valence-corrected chi connectivity index (χ3v) is 10.4. The molecule has 4 fully saturated rings. The van der Waals surface area contributed by atoms with Crippen molar-refractivity contribution in [2.75, 3.05) is 0 Å². The van der Waals surface area contributed by atoms with E-state index >= 15 is 0 Å². The predicted molar refractivity (Wildman–Crippen MR) is 123 cm³/mol. The van der Waals surface area contributed by atoms with Crippen LogP contribution in [0, 0.1) is 52.6 Å². The molecule has 0 aromatic heterocycles. The Hall–Kier alpha value is -0.900. The number of carbonyl (C=O) groups excluding carboxylic acids is 1. The van der Waals surface area contributed by atoms with Crippen LogP contribution in [0.3, 0.4) is 0 Å². The summed E-state index contributed by atoms with van der Waals surface area (Å²) in [5.74, 6) is 2.89. The molecule has 0 amide bonds. The maximum Gasteiger partial charge on any atom is 0.140 e. The lowest BCUT2D eigenvalue weighted by atomic mass is 9.49. The van der Waals surface area contributed by atoms with Gasteiger partial charge in [0.15, 0.2) is 0 Å². The standard InChI is InChI=1S/C27H36F2OS/c1-26(31)11-9-19-17(15-26)4-6-21-20(19)10-12-27(2)22(21)7-8-23(27)25(30)13-16-3-5-18(28)14-24(16)29/h3,5,14,17,19-23,31H,4,6-13,15H2,1-2H3/t17-,19+,20-,21-,22+,23-,26-,27+/m1/s1. The summed E-state index contributed by atoms with van der Waals surface area (Å²) >= 11 is 4.93. The van der Waals surface area contributed by atoms with E-state index in [4.69, 9.17) is 12.6 Å². The molecule has 0 aliphatic heterocycles. The van der Waals surface area contributed by atoms with Crippen LogP contribution in [0.4, 0.5) is 8.78 Å². The SMILES string of the molecule is C[C@@]1(S)CC[C@H]2[C@H](CC[C@@H]3[C@@H]2CC[C@]2(C)[C@@H](C(=O)Cc4ccc(F)cc4F)CC[C@@H]32)C1. The molecular formula is C27H36F2OS. The Bertz CT molecular complexity index is 867. The van der Waals surface area contributed by atoms with Crippen LogP contribution >= 0.6 is 12.6 Å². The van der Waals surface area contributed by atoms with Crippen LogP contribution in [-0.4, -0.2) is 10.5 Å². The maximum absolute atomic E-state index is 14.2. The quantitative estimate of drug-likeness (QED) is 0.493. The van der Waals surface area contributed by atoms with E-state index in [2.05, 4.69) is 13.8 Å². The fourth-order valence-electron chi connectivity index (χ4n) is 8.59. The molecule has 1 aromatic carbocycles. The minimum atomic E-state index is -0.594. The Morgan fingerprint density at radius 2 is 1.77 bits per heavy atom. The van der Waals surface area contributed by atoms with Crippen LogP contribution in [0.25, 0.3) is 0 Å². The first-order valence-electron chi connectivity index (χ1n) is 12.4. The molecule has 0 heterocycles. The van der Waals surface area contributed by atoms with Crippen molar-refractivity contribution < 1.29 is 13.6 Å². The van der Waals surface area contributed by atoms with Gasteiger partial charge in [-0.3, -0.25) is 4.79 Å². The van der Waals surface area contributed by atoms with Crippen LogP contribution in [-0.2, 0) is 11.2 Å². The van der Waals surface area contributed by atoms with Gasteiger partial charge in [-0.1, -0.05) is 19.9 Å². The maximum atomic E-state index is 14.2. The minimum Gasteiger partial charge on any atom is -0.299 e. The number of Topliss-reactive ketones (excluding diaryl/α,β-unsaturated/α-hetero) is 1. The van der Waals surface area contributed by atoms with Crippen LogP contribution in [0.2, 0.25) is 0 Å². The van der Waals surface area contributed by atoms with Gasteiger partial charge in [0.2, 0.25) is 0 Å². The second-order valence-corrected chi connectivity index (χ2v) is 12.8. The predicted octanol–water partition coefficient (Wildman–Crippen LogP) is 7.03. The number of carbonyl (C=O) groups is 1. The topological polar surface area (TPSA) is 17.1 Å². The lowest BCUT2D eigenvalue weighted by molar-refractivity contribution is -0.129. The van der Waals surface area contributed by atoms with E-state index in [0.29, 0.717) is 11.5 Å². The summed E-state index contributed by atoms with van der Waals surface area (Å²) in [7, 11) is 0. The molecule has 4 aliphatic rings. The second-order valence-electron chi connectivity index (χ2n) is 11.7. The Kier molecular flexibility index (Phi) is 5.55. The van der Waals surface area contributed by atoms with Gasteiger partial charge in [-0.05, 0) is 104 Å². The summed E-state index contributed by atoms with van der Waals surface area (Å²) < 4.78 is 27.6. The number of hydrogen-bond acceptors (Lipinski definition) is 2. The number of rotatable bonds is 3. The highest BCUT2D eigenvalue weighted by atomic mass is 32.1. The monoisotopic (exact) mass is 446 g/mol. The zero-order valence-electron chi connectivity index (χ0n) is 18.9. The first-order valence-corrected chi connectivity index (χ1v) is 12.8. The third kappa shape index (κ3) is 3.79. The molecule has 4 aliphatic carbocycles. The third-order valence-electron chi connectivity index (χ3n) is 10.0. The average Bonchev–Trinajstić information content (AvgIpc) is 3.06. The van der Waals surface area contributed by atoms with Gasteiger partial charge in [0.05, 0.1) is 0 Å². The molecule has 1 aromatic rings. The Morgan fingerprint density at radius 3 is 2.55 bits per heavy atom. The molecule has 0 radical (unpaired) electrons. The van der Waals surface area contributed by atoms with Crippen molar-refractivity contribution in [3.63, 3.8) is 0 Å². The highest BCUT2D eigenvalue weighted by Gasteiger charge is 2.58. The van der Waals surface area contributed by atoms with Gasteiger partial charge in [0.25, 0.3) is 0 Å². The molecule has 170 valence electrons. The zero-order valence-corrected chi connectivity index (χ0v) is 19.8. The van der Waals surface area contributed by atoms with Gasteiger partial charge in [-0.25, -0.2) is 8.78 Å². The number of halogens is 2. The van der Waals surface area contributed by atoms with Crippen molar-refractivity contribution in [3.05, 3.63) is 35.4 Å². The summed E-state index contributed by atoms with van der Waals surface area (Å²) in [6.07, 6.45) is 11.0. The summed E-state index contributed by atoms with van der Waals surface area (Å²) in [5.41, 5.74) is 0.388. The molecule has 31 heavy (non-hydrogen) atoms. The van der Waals surface area contributed by atoms with E-state index < -0.39 is 11.6 Å². The molecule has 0 bridgehead atoms. The van der Waals surface area contributed by atoms with E-state index in [0.717, 1.165) is 49.0 Å². The molecule has 5 rings (SSSR count). The molecule has 0 unspecified atom stereocenters. The van der Waals surface area contributed by atoms with Gasteiger partial charge >= 0.3 is 0 Å². The second kappa shape index (κ2) is 7.85. The lowest BCUT2D eigenvalue weighted by Gasteiger charge is -2.57. The van der Waals surface area contributed by atoms with Gasteiger partial charge in [-0.15, -0.1) is 0 Å². The molecule has 0 N–H and O–H groups in total. The minimum absolute atomic E-state index is 0.0210. The van der Waals surface area contributed by atoms with Crippen LogP contribution in [0.1, 0.15) is 77.2 Å². The molecule has 4 heteroatoms. The Morgan fingerprint density at radius 1 is 1.00 bits per heavy atom. The van der Waals surface area contributed by atoms with E-state index in [1.807, 2.05) is 0 Å². The smallest absolute Gasteiger partial charge is 0.140 e. The summed E-state index contributed by atoms with van der Waals surface area (Å²) in [5, 5.41) is 0. The van der Waals surface area contributed by atoms with Crippen molar-refractivity contribution in [2.24, 2.45) is 40.9 Å². The molecular weight excluding hydrogens is 410 g/mol. The number of thiol groups is 1. The first kappa shape index (κ1) is 21.9. The highest BCUT2D eigenvalue weighted by molar-refractivity contribution is 7.81. The van der Waals surface area contributed by atoms with Crippen molar-refractivity contribution >= 4 is 18.4 Å². The summed E-state index contributed by atoms with van der Waals surface area (Å²) in [4.78, 5) is 13.3. The van der Waals surface area contributed by atoms with Crippen molar-refractivity contribution in [1.82, 2.24) is 0 Å². The Balaban J connectivity index is 1.31. The largest absolute Gasteiger partial charge is 0.299 e. The summed E-state index contributed by atoms with van der Waals surface area (Å²) in [6, 6.07) is 3.59. The lowest BCUT2D eigenvalue weighted by Crippen LogP contribution is -2.50. The zero-order chi connectivity index (χ0) is 22.0. The van der Waals surface area contributed by atoms with Crippen molar-refractivity contribution in [2.45, 2.75) is 82.8 Å². The molecule has 1 nitrogen and oxygen atoms in total.